The zero-order valence-corrected chi connectivity index (χ0v) is 15.8. The fraction of sp³-hybridized carbons (Fsp3) is 0.316. The molecule has 2 aromatic rings. The summed E-state index contributed by atoms with van der Waals surface area (Å²) in [6.45, 7) is -0.972. The molecular weight excluding hydrogens is 408 g/mol. The summed E-state index contributed by atoms with van der Waals surface area (Å²) in [5.74, 6) is -0.895. The van der Waals surface area contributed by atoms with Crippen molar-refractivity contribution >= 4 is 11.9 Å². The van der Waals surface area contributed by atoms with Gasteiger partial charge in [0.05, 0.1) is 6.42 Å². The molecule has 0 aliphatic heterocycles. The van der Waals surface area contributed by atoms with Gasteiger partial charge in [-0.25, -0.2) is 14.2 Å². The minimum absolute atomic E-state index is 0.0274. The molecule has 0 atom stereocenters. The lowest BCUT2D eigenvalue weighted by Crippen LogP contribution is -2.40. The molecule has 1 aromatic heterocycles. The maximum atomic E-state index is 13.1. The average Bonchev–Trinajstić information content (AvgIpc) is 2.68. The lowest BCUT2D eigenvalue weighted by molar-refractivity contribution is -0.154. The second-order valence-corrected chi connectivity index (χ2v) is 6.17. The number of rotatable bonds is 9. The van der Waals surface area contributed by atoms with Gasteiger partial charge in [0.25, 0.3) is 0 Å². The number of hydrogen-bond donors (Lipinski definition) is 3. The number of carbonyl (C=O) groups excluding carboxylic acids is 2. The van der Waals surface area contributed by atoms with Gasteiger partial charge >= 0.3 is 12.2 Å². The van der Waals surface area contributed by atoms with Gasteiger partial charge in [0.1, 0.15) is 5.82 Å². The Morgan fingerprint density at radius 2 is 1.77 bits per heavy atom. The number of aromatic nitrogens is 1. The predicted molar refractivity (Wildman–Crippen MR) is 99.1 cm³/mol. The Morgan fingerprint density at radius 3 is 2.43 bits per heavy atom. The quantitative estimate of drug-likeness (QED) is 0.422. The lowest BCUT2D eigenvalue weighted by atomic mass is 10.1. The second-order valence-electron chi connectivity index (χ2n) is 6.17. The van der Waals surface area contributed by atoms with E-state index in [1.54, 1.807) is 6.07 Å². The molecule has 30 heavy (non-hydrogen) atoms. The maximum Gasteiger partial charge on any atom is 0.422 e. The number of pyridine rings is 1. The highest BCUT2D eigenvalue weighted by atomic mass is 19.4. The molecule has 3 N–H and O–H groups in total. The van der Waals surface area contributed by atoms with Crippen LogP contribution in [-0.2, 0) is 17.8 Å². The summed E-state index contributed by atoms with van der Waals surface area (Å²) >= 11 is 0. The van der Waals surface area contributed by atoms with Crippen molar-refractivity contribution in [2.24, 2.45) is 0 Å². The molecule has 0 fully saturated rings. The molecule has 162 valence electrons. The smallest absolute Gasteiger partial charge is 0.422 e. The van der Waals surface area contributed by atoms with E-state index in [9.17, 15) is 27.2 Å². The van der Waals surface area contributed by atoms with Crippen molar-refractivity contribution in [2.75, 3.05) is 19.7 Å². The summed E-state index contributed by atoms with van der Waals surface area (Å²) in [5, 5.41) is 7.68. The summed E-state index contributed by atoms with van der Waals surface area (Å²) in [4.78, 5) is 27.2. The van der Waals surface area contributed by atoms with Crippen molar-refractivity contribution in [1.29, 1.82) is 0 Å². The van der Waals surface area contributed by atoms with Crippen LogP contribution in [0.4, 0.5) is 22.4 Å². The molecule has 7 nitrogen and oxygen atoms in total. The average molecular weight is 428 g/mol. The highest BCUT2D eigenvalue weighted by molar-refractivity contribution is 5.78. The van der Waals surface area contributed by atoms with Crippen LogP contribution in [-0.4, -0.2) is 42.8 Å². The summed E-state index contributed by atoms with van der Waals surface area (Å²) in [6.07, 6.45) is -3.13. The molecule has 0 aliphatic carbocycles. The topological polar surface area (TPSA) is 92.4 Å². The molecule has 0 bridgehead atoms. The van der Waals surface area contributed by atoms with Gasteiger partial charge in [0.2, 0.25) is 11.8 Å². The number of nitrogens with zero attached hydrogens (tertiary/aromatic N) is 1. The summed E-state index contributed by atoms with van der Waals surface area (Å²) < 4.78 is 53.8. The van der Waals surface area contributed by atoms with E-state index < -0.39 is 24.6 Å². The molecule has 0 saturated carbocycles. The first-order valence-corrected chi connectivity index (χ1v) is 8.88. The summed E-state index contributed by atoms with van der Waals surface area (Å²) in [5.41, 5.74) is 1.11. The molecule has 2 rings (SSSR count). The van der Waals surface area contributed by atoms with Crippen LogP contribution < -0.4 is 20.7 Å². The van der Waals surface area contributed by atoms with Crippen molar-refractivity contribution in [3.63, 3.8) is 0 Å². The van der Waals surface area contributed by atoms with Gasteiger partial charge in [0.15, 0.2) is 6.61 Å². The number of urea groups is 1. The molecule has 0 aliphatic rings. The maximum absolute atomic E-state index is 13.1. The number of ether oxygens (including phenoxy) is 1. The van der Waals surface area contributed by atoms with E-state index in [1.165, 1.54) is 36.5 Å². The monoisotopic (exact) mass is 428 g/mol. The van der Waals surface area contributed by atoms with Gasteiger partial charge in [-0.15, -0.1) is 0 Å². The van der Waals surface area contributed by atoms with Crippen molar-refractivity contribution in [1.82, 2.24) is 20.9 Å². The minimum atomic E-state index is -4.45. The fourth-order valence-electron chi connectivity index (χ4n) is 2.27. The zero-order chi connectivity index (χ0) is 22.0. The van der Waals surface area contributed by atoms with Gasteiger partial charge < -0.3 is 20.7 Å². The van der Waals surface area contributed by atoms with E-state index >= 15 is 0 Å². The van der Waals surface area contributed by atoms with Crippen LogP contribution in [0.5, 0.6) is 5.88 Å². The van der Waals surface area contributed by atoms with Crippen LogP contribution in [0, 0.1) is 5.82 Å². The Hall–Kier alpha value is -3.37. The van der Waals surface area contributed by atoms with Gasteiger partial charge in [-0.3, -0.25) is 4.79 Å². The van der Waals surface area contributed by atoms with Gasteiger partial charge in [-0.1, -0.05) is 18.2 Å². The number of carbonyl (C=O) groups is 2. The highest BCUT2D eigenvalue weighted by Crippen LogP contribution is 2.17. The number of halogens is 4. The lowest BCUT2D eigenvalue weighted by Gasteiger charge is -2.10. The number of nitrogens with one attached hydrogen (secondary N) is 3. The predicted octanol–water partition coefficient (Wildman–Crippen LogP) is 2.32. The van der Waals surface area contributed by atoms with Crippen LogP contribution in [0.1, 0.15) is 11.1 Å². The third-order valence-corrected chi connectivity index (χ3v) is 3.62. The first-order valence-electron chi connectivity index (χ1n) is 8.88. The molecule has 1 aromatic carbocycles. The Bertz CT molecular complexity index is 844. The zero-order valence-electron chi connectivity index (χ0n) is 15.8. The molecule has 0 saturated heterocycles. The van der Waals surface area contributed by atoms with E-state index in [1.807, 2.05) is 0 Å². The highest BCUT2D eigenvalue weighted by Gasteiger charge is 2.28. The van der Waals surface area contributed by atoms with Crippen LogP contribution in [0.3, 0.4) is 0 Å². The molecular formula is C19H20F4N4O3. The third kappa shape index (κ3) is 9.22. The van der Waals surface area contributed by atoms with E-state index in [0.717, 1.165) is 0 Å². The van der Waals surface area contributed by atoms with E-state index in [0.29, 0.717) is 11.1 Å². The van der Waals surface area contributed by atoms with E-state index in [4.69, 9.17) is 0 Å². The Labute approximate surface area is 169 Å². The van der Waals surface area contributed by atoms with Gasteiger partial charge in [-0.05, 0) is 23.3 Å². The Balaban J connectivity index is 1.60. The molecule has 0 spiro atoms. The van der Waals surface area contributed by atoms with Crippen LogP contribution in [0.2, 0.25) is 0 Å². The molecule has 3 amide bonds. The van der Waals surface area contributed by atoms with Crippen molar-refractivity contribution in [3.8, 4) is 5.88 Å². The standard InChI is InChI=1S/C19H20F4N4O3/c20-15-3-1-2-13(8-15)9-16(28)24-6-7-25-18(29)27-11-14-4-5-17(26-10-14)30-12-19(21,22)23/h1-5,8,10H,6-7,9,11-12H2,(H,24,28)(H2,25,27,29). The van der Waals surface area contributed by atoms with Crippen molar-refractivity contribution in [3.05, 3.63) is 59.5 Å². The van der Waals surface area contributed by atoms with E-state index in [2.05, 4.69) is 25.7 Å². The SMILES string of the molecule is O=C(Cc1cccc(F)c1)NCCNC(=O)NCc1ccc(OCC(F)(F)F)nc1. The van der Waals surface area contributed by atoms with Crippen LogP contribution in [0.25, 0.3) is 0 Å². The van der Waals surface area contributed by atoms with Crippen molar-refractivity contribution < 1.29 is 31.9 Å². The number of alkyl halides is 3. The molecule has 0 radical (unpaired) electrons. The largest absolute Gasteiger partial charge is 0.468 e. The normalized spacial score (nSPS) is 10.9. The number of hydrogen-bond acceptors (Lipinski definition) is 4. The Morgan fingerprint density at radius 1 is 1.00 bits per heavy atom. The molecule has 0 unspecified atom stereocenters. The number of amides is 3. The molecule has 1 heterocycles. The van der Waals surface area contributed by atoms with E-state index in [-0.39, 0.29) is 37.8 Å². The van der Waals surface area contributed by atoms with Crippen molar-refractivity contribution in [2.45, 2.75) is 19.1 Å². The third-order valence-electron chi connectivity index (χ3n) is 3.62. The first kappa shape index (κ1) is 22.9. The second kappa shape index (κ2) is 11.0. The summed E-state index contributed by atoms with van der Waals surface area (Å²) in [6, 6.07) is 7.97. The van der Waals surface area contributed by atoms with Crippen LogP contribution >= 0.6 is 0 Å². The Kier molecular flexibility index (Phi) is 8.39. The first-order chi connectivity index (χ1) is 14.2. The number of benzene rings is 1. The van der Waals surface area contributed by atoms with Crippen LogP contribution in [0.15, 0.2) is 42.6 Å². The fourth-order valence-corrected chi connectivity index (χ4v) is 2.27. The minimum Gasteiger partial charge on any atom is -0.468 e. The van der Waals surface area contributed by atoms with Gasteiger partial charge in [-0.2, -0.15) is 13.2 Å². The molecule has 11 heteroatoms. The van der Waals surface area contributed by atoms with Gasteiger partial charge in [0, 0.05) is 31.9 Å². The summed E-state index contributed by atoms with van der Waals surface area (Å²) in [7, 11) is 0.